The summed E-state index contributed by atoms with van der Waals surface area (Å²) < 4.78 is 24.0. The van der Waals surface area contributed by atoms with Gasteiger partial charge in [0.15, 0.2) is 0 Å². The van der Waals surface area contributed by atoms with Crippen molar-refractivity contribution in [3.05, 3.63) is 65.6 Å². The van der Waals surface area contributed by atoms with E-state index in [9.17, 15) is 18.6 Å². The summed E-state index contributed by atoms with van der Waals surface area (Å²) in [5.74, 6) is -0.679. The third kappa shape index (κ3) is 2.95. The van der Waals surface area contributed by atoms with Gasteiger partial charge in [0.2, 0.25) is 9.84 Å². The van der Waals surface area contributed by atoms with E-state index in [0.717, 1.165) is 5.41 Å². The molecule has 2 N–H and O–H groups in total. The second-order valence-electron chi connectivity index (χ2n) is 3.88. The van der Waals surface area contributed by atoms with Crippen LogP contribution in [0.1, 0.15) is 5.56 Å². The molecule has 2 rings (SSSR count). The first kappa shape index (κ1) is 13.2. The summed E-state index contributed by atoms with van der Waals surface area (Å²) in [6.45, 7) is 0. The molecule has 0 fully saturated rings. The van der Waals surface area contributed by atoms with Gasteiger partial charge >= 0.3 is 0 Å². The van der Waals surface area contributed by atoms with Crippen molar-refractivity contribution in [2.45, 2.75) is 4.90 Å². The van der Waals surface area contributed by atoms with Gasteiger partial charge in [-0.2, -0.15) is 0 Å². The van der Waals surface area contributed by atoms with Crippen molar-refractivity contribution in [1.82, 2.24) is 0 Å². The fraction of sp³-hybridized carbons (Fsp3) is 0. The Morgan fingerprint density at radius 3 is 2.16 bits per heavy atom. The summed E-state index contributed by atoms with van der Waals surface area (Å²) in [5.41, 5.74) is 0.0713. The van der Waals surface area contributed by atoms with E-state index in [4.69, 9.17) is 0 Å². The second kappa shape index (κ2) is 5.16. The van der Waals surface area contributed by atoms with Gasteiger partial charge in [0.1, 0.15) is 11.5 Å². The molecule has 0 radical (unpaired) electrons. The number of phenolic OH excluding ortho intramolecular Hbond substituents is 1. The van der Waals surface area contributed by atoms with E-state index >= 15 is 0 Å². The maximum Gasteiger partial charge on any atom is 0.203 e. The molecule has 0 heterocycles. The summed E-state index contributed by atoms with van der Waals surface area (Å²) in [6, 6.07) is 13.7. The van der Waals surface area contributed by atoms with Crippen LogP contribution in [0.15, 0.2) is 64.9 Å². The highest BCUT2D eigenvalue weighted by molar-refractivity contribution is 7.94. The minimum Gasteiger partial charge on any atom is -0.507 e. The van der Waals surface area contributed by atoms with Crippen LogP contribution in [0.4, 0.5) is 0 Å². The quantitative estimate of drug-likeness (QED) is 0.845. The van der Waals surface area contributed by atoms with Crippen molar-refractivity contribution in [2.24, 2.45) is 0 Å². The Morgan fingerprint density at radius 2 is 1.53 bits per heavy atom. The topological polar surface area (TPSA) is 74.6 Å². The van der Waals surface area contributed by atoms with Crippen LogP contribution in [0.2, 0.25) is 0 Å². The molecule has 0 saturated carbocycles. The molecular weight excluding hydrogens is 264 g/mol. The Labute approximate surface area is 111 Å². The minimum atomic E-state index is -3.75. The summed E-state index contributed by atoms with van der Waals surface area (Å²) in [4.78, 5) is 0.0805. The number of phenols is 1. The molecule has 4 nitrogen and oxygen atoms in total. The molecule has 98 valence electrons. The number of aromatic hydroxyl groups is 1. The number of para-hydroxylation sites is 1. The van der Waals surface area contributed by atoms with Gasteiger partial charge in [-0.25, -0.2) is 8.42 Å². The van der Waals surface area contributed by atoms with Gasteiger partial charge in [-0.1, -0.05) is 30.3 Å². The zero-order chi connectivity index (χ0) is 13.9. The maximum atomic E-state index is 12.0. The molecule has 0 unspecified atom stereocenters. The lowest BCUT2D eigenvalue weighted by atomic mass is 10.2. The highest BCUT2D eigenvalue weighted by Gasteiger charge is 2.14. The van der Waals surface area contributed by atoms with Crippen LogP contribution in [0.3, 0.4) is 0 Å². The average Bonchev–Trinajstić information content (AvgIpc) is 2.39. The largest absolute Gasteiger partial charge is 0.507 e. The molecule has 0 spiro atoms. The van der Waals surface area contributed by atoms with Crippen LogP contribution in [-0.4, -0.2) is 18.6 Å². The molecule has 0 atom stereocenters. The third-order valence-electron chi connectivity index (χ3n) is 2.52. The molecular formula is C14H12O4S. The lowest BCUT2D eigenvalue weighted by molar-refractivity contribution is 0.460. The predicted octanol–water partition coefficient (Wildman–Crippen LogP) is 2.72. The third-order valence-corrected chi connectivity index (χ3v) is 3.98. The van der Waals surface area contributed by atoms with Crippen molar-refractivity contribution >= 4 is 15.6 Å². The Hall–Kier alpha value is -2.27. The van der Waals surface area contributed by atoms with Gasteiger partial charge in [-0.15, -0.1) is 0 Å². The number of aliphatic hydroxyl groups is 1. The fourth-order valence-corrected chi connectivity index (χ4v) is 2.67. The molecule has 0 aromatic heterocycles. The van der Waals surface area contributed by atoms with Crippen molar-refractivity contribution in [3.8, 4) is 5.75 Å². The number of hydrogen-bond acceptors (Lipinski definition) is 4. The first-order valence-electron chi connectivity index (χ1n) is 5.50. The smallest absolute Gasteiger partial charge is 0.203 e. The molecule has 2 aromatic carbocycles. The Balaban J connectivity index is 2.45. The van der Waals surface area contributed by atoms with Gasteiger partial charge < -0.3 is 10.2 Å². The number of benzene rings is 2. The van der Waals surface area contributed by atoms with Crippen LogP contribution in [-0.2, 0) is 9.84 Å². The zero-order valence-electron chi connectivity index (χ0n) is 9.89. The molecule has 0 bridgehead atoms. The SMILES string of the molecule is O=S(=O)(/C=C(\O)c1ccccc1O)c1ccccc1. The molecule has 0 amide bonds. The van der Waals surface area contributed by atoms with E-state index in [1.54, 1.807) is 30.3 Å². The van der Waals surface area contributed by atoms with Crippen LogP contribution in [0, 0.1) is 0 Å². The van der Waals surface area contributed by atoms with Crippen LogP contribution in [0.25, 0.3) is 5.76 Å². The standard InChI is InChI=1S/C14H12O4S/c15-13-9-5-4-8-12(13)14(16)10-19(17,18)11-6-2-1-3-7-11/h1-10,15-16H/b14-10-. The molecule has 0 aliphatic carbocycles. The van der Waals surface area contributed by atoms with E-state index < -0.39 is 15.6 Å². The highest BCUT2D eigenvalue weighted by Crippen LogP contribution is 2.24. The van der Waals surface area contributed by atoms with Gasteiger partial charge in [-0.3, -0.25) is 0 Å². The lowest BCUT2D eigenvalue weighted by Gasteiger charge is -2.04. The fourth-order valence-electron chi connectivity index (χ4n) is 1.58. The van der Waals surface area contributed by atoms with E-state index in [0.29, 0.717) is 0 Å². The maximum absolute atomic E-state index is 12.0. The van der Waals surface area contributed by atoms with Crippen LogP contribution >= 0.6 is 0 Å². The lowest BCUT2D eigenvalue weighted by Crippen LogP contribution is -1.98. The van der Waals surface area contributed by atoms with Gasteiger partial charge in [0.25, 0.3) is 0 Å². The number of aliphatic hydroxyl groups excluding tert-OH is 1. The highest BCUT2D eigenvalue weighted by atomic mass is 32.2. The molecule has 0 aliphatic heterocycles. The Morgan fingerprint density at radius 1 is 0.947 bits per heavy atom. The van der Waals surface area contributed by atoms with Crippen molar-refractivity contribution in [1.29, 1.82) is 0 Å². The molecule has 5 heteroatoms. The monoisotopic (exact) mass is 276 g/mol. The zero-order valence-corrected chi connectivity index (χ0v) is 10.7. The summed E-state index contributed by atoms with van der Waals surface area (Å²) >= 11 is 0. The number of hydrogen-bond donors (Lipinski definition) is 2. The van der Waals surface area contributed by atoms with E-state index in [1.165, 1.54) is 24.3 Å². The first-order valence-corrected chi connectivity index (χ1v) is 7.04. The van der Waals surface area contributed by atoms with E-state index in [1.807, 2.05) is 0 Å². The molecule has 2 aromatic rings. The molecule has 19 heavy (non-hydrogen) atoms. The predicted molar refractivity (Wildman–Crippen MR) is 72.3 cm³/mol. The summed E-state index contributed by atoms with van der Waals surface area (Å²) in [6.07, 6.45) is 0. The summed E-state index contributed by atoms with van der Waals surface area (Å²) in [7, 11) is -3.75. The molecule has 0 saturated heterocycles. The van der Waals surface area contributed by atoms with Crippen LogP contribution < -0.4 is 0 Å². The van der Waals surface area contributed by atoms with E-state index in [-0.39, 0.29) is 16.2 Å². The van der Waals surface area contributed by atoms with Gasteiger partial charge in [0, 0.05) is 0 Å². The number of rotatable bonds is 3. The normalized spacial score (nSPS) is 12.3. The Bertz CT molecular complexity index is 703. The van der Waals surface area contributed by atoms with Gasteiger partial charge in [0.05, 0.1) is 15.9 Å². The van der Waals surface area contributed by atoms with Crippen molar-refractivity contribution < 1.29 is 18.6 Å². The molecule has 0 aliphatic rings. The Kier molecular flexibility index (Phi) is 3.57. The first-order chi connectivity index (χ1) is 9.00. The van der Waals surface area contributed by atoms with Crippen LogP contribution in [0.5, 0.6) is 5.75 Å². The second-order valence-corrected chi connectivity index (χ2v) is 5.68. The van der Waals surface area contributed by atoms with Gasteiger partial charge in [-0.05, 0) is 24.3 Å². The van der Waals surface area contributed by atoms with Crippen molar-refractivity contribution in [2.75, 3.05) is 0 Å². The van der Waals surface area contributed by atoms with Crippen molar-refractivity contribution in [3.63, 3.8) is 0 Å². The average molecular weight is 276 g/mol. The van der Waals surface area contributed by atoms with E-state index in [2.05, 4.69) is 0 Å². The minimum absolute atomic E-state index is 0.0713. The number of sulfone groups is 1. The summed E-state index contributed by atoms with van der Waals surface area (Å²) in [5, 5.41) is 20.1.